The molecule has 0 aromatic heterocycles. The van der Waals surface area contributed by atoms with Crippen LogP contribution in [0, 0.1) is 6.92 Å². The largest absolute Gasteiger partial charge is 0.417 e. The number of anilines is 1. The summed E-state index contributed by atoms with van der Waals surface area (Å²) in [6, 6.07) is 13.6. The SMILES string of the molecule is CC[C@@H](C(=O)NC(C)C)N(Cc1ccc(Cl)cc1)C(=O)CN(c1ccc(Cl)c(C(F)(F)F)c1)S(=O)(=O)c1ccc(C)cc1. The third-order valence-electron chi connectivity index (χ3n) is 6.51. The first kappa shape index (κ1) is 34.2. The maximum absolute atomic E-state index is 14.0. The first-order chi connectivity index (χ1) is 20.0. The van der Waals surface area contributed by atoms with Crippen LogP contribution in [0.4, 0.5) is 18.9 Å². The molecule has 0 saturated carbocycles. The van der Waals surface area contributed by atoms with Crippen LogP contribution in [0.2, 0.25) is 10.0 Å². The van der Waals surface area contributed by atoms with Crippen molar-refractivity contribution < 1.29 is 31.2 Å². The second kappa shape index (κ2) is 14.0. The maximum atomic E-state index is 14.0. The number of carbonyl (C=O) groups excluding carboxylic acids is 2. The maximum Gasteiger partial charge on any atom is 0.417 e. The van der Waals surface area contributed by atoms with E-state index in [0.29, 0.717) is 21.0 Å². The number of aryl methyl sites for hydroxylation is 1. The van der Waals surface area contributed by atoms with Gasteiger partial charge < -0.3 is 10.2 Å². The van der Waals surface area contributed by atoms with Crippen LogP contribution in [0.5, 0.6) is 0 Å². The molecule has 0 aliphatic rings. The monoisotopic (exact) mass is 657 g/mol. The van der Waals surface area contributed by atoms with Crippen molar-refractivity contribution in [3.8, 4) is 0 Å². The number of amides is 2. The fourth-order valence-electron chi connectivity index (χ4n) is 4.34. The van der Waals surface area contributed by atoms with Crippen molar-refractivity contribution >= 4 is 50.7 Å². The van der Waals surface area contributed by atoms with Crippen LogP contribution >= 0.6 is 23.2 Å². The minimum absolute atomic E-state index is 0.0904. The number of hydrogen-bond acceptors (Lipinski definition) is 4. The Morgan fingerprint density at radius 1 is 0.953 bits per heavy atom. The van der Waals surface area contributed by atoms with Crippen molar-refractivity contribution in [1.82, 2.24) is 10.2 Å². The molecule has 0 bridgehead atoms. The Morgan fingerprint density at radius 2 is 1.56 bits per heavy atom. The molecule has 0 spiro atoms. The summed E-state index contributed by atoms with van der Waals surface area (Å²) in [4.78, 5) is 28.2. The van der Waals surface area contributed by atoms with Crippen molar-refractivity contribution in [2.75, 3.05) is 10.8 Å². The van der Waals surface area contributed by atoms with E-state index in [1.165, 1.54) is 29.2 Å². The number of rotatable bonds is 11. The zero-order chi connectivity index (χ0) is 32.1. The predicted octanol–water partition coefficient (Wildman–Crippen LogP) is 6.85. The number of carbonyl (C=O) groups is 2. The molecule has 43 heavy (non-hydrogen) atoms. The number of nitrogens with zero attached hydrogens (tertiary/aromatic N) is 2. The zero-order valence-corrected chi connectivity index (χ0v) is 26.3. The summed E-state index contributed by atoms with van der Waals surface area (Å²) < 4.78 is 69.8. The van der Waals surface area contributed by atoms with Gasteiger partial charge >= 0.3 is 6.18 Å². The molecule has 0 fully saturated rings. The van der Waals surface area contributed by atoms with Crippen molar-refractivity contribution in [3.05, 3.63) is 93.5 Å². The van der Waals surface area contributed by atoms with Gasteiger partial charge in [-0.25, -0.2) is 8.42 Å². The molecule has 0 heterocycles. The quantitative estimate of drug-likeness (QED) is 0.244. The lowest BCUT2D eigenvalue weighted by atomic mass is 10.1. The van der Waals surface area contributed by atoms with E-state index >= 15 is 0 Å². The molecule has 3 aromatic rings. The summed E-state index contributed by atoms with van der Waals surface area (Å²) >= 11 is 11.8. The number of nitrogens with one attached hydrogen (secondary N) is 1. The second-order valence-electron chi connectivity index (χ2n) is 10.2. The fourth-order valence-corrected chi connectivity index (χ4v) is 6.10. The van der Waals surface area contributed by atoms with Crippen LogP contribution in [0.25, 0.3) is 0 Å². The number of hydrogen-bond donors (Lipinski definition) is 1. The number of benzene rings is 3. The first-order valence-electron chi connectivity index (χ1n) is 13.3. The third kappa shape index (κ3) is 8.64. The second-order valence-corrected chi connectivity index (χ2v) is 12.9. The molecule has 0 saturated heterocycles. The van der Waals surface area contributed by atoms with E-state index in [-0.39, 0.29) is 23.9 Å². The van der Waals surface area contributed by atoms with Crippen molar-refractivity contribution in [1.29, 1.82) is 0 Å². The highest BCUT2D eigenvalue weighted by Crippen LogP contribution is 2.38. The Balaban J connectivity index is 2.15. The lowest BCUT2D eigenvalue weighted by Crippen LogP contribution is -2.53. The van der Waals surface area contributed by atoms with Gasteiger partial charge in [0.15, 0.2) is 0 Å². The molecule has 0 radical (unpaired) electrons. The van der Waals surface area contributed by atoms with Gasteiger partial charge in [-0.05, 0) is 75.2 Å². The standard InChI is InChI=1S/C30H32Cl2F3N3O4S/c1-5-27(29(40)36-19(2)3)37(17-21-8-10-22(31)11-9-21)28(39)18-38(43(41,42)24-13-6-20(4)7-14-24)23-12-15-26(32)25(16-23)30(33,34)35/h6-16,19,27H,5,17-18H2,1-4H3,(H,36,40)/t27-/m0/s1. The topological polar surface area (TPSA) is 86.8 Å². The van der Waals surface area contributed by atoms with Gasteiger partial charge in [0.2, 0.25) is 11.8 Å². The summed E-state index contributed by atoms with van der Waals surface area (Å²) in [5.74, 6) is -1.27. The van der Waals surface area contributed by atoms with E-state index in [1.807, 2.05) is 0 Å². The molecule has 3 rings (SSSR count). The van der Waals surface area contributed by atoms with Gasteiger partial charge in [0.1, 0.15) is 12.6 Å². The highest BCUT2D eigenvalue weighted by molar-refractivity contribution is 7.92. The number of halogens is 5. The summed E-state index contributed by atoms with van der Waals surface area (Å²) in [6.45, 7) is 5.97. The predicted molar refractivity (Wildman–Crippen MR) is 162 cm³/mol. The van der Waals surface area contributed by atoms with Crippen molar-refractivity contribution in [3.63, 3.8) is 0 Å². The van der Waals surface area contributed by atoms with Crippen LogP contribution in [-0.4, -0.2) is 43.8 Å². The van der Waals surface area contributed by atoms with Crippen LogP contribution < -0.4 is 9.62 Å². The fraction of sp³-hybridized carbons (Fsp3) is 0.333. The van der Waals surface area contributed by atoms with E-state index in [9.17, 15) is 31.2 Å². The van der Waals surface area contributed by atoms with Crippen molar-refractivity contribution in [2.24, 2.45) is 0 Å². The number of alkyl halides is 3. The van der Waals surface area contributed by atoms with Gasteiger partial charge in [-0.2, -0.15) is 13.2 Å². The first-order valence-corrected chi connectivity index (χ1v) is 15.5. The molecule has 1 atom stereocenters. The molecule has 232 valence electrons. The van der Waals surface area contributed by atoms with E-state index in [4.69, 9.17) is 23.2 Å². The Kier molecular flexibility index (Phi) is 11.1. The van der Waals surface area contributed by atoms with Crippen LogP contribution in [-0.2, 0) is 32.3 Å². The van der Waals surface area contributed by atoms with E-state index in [0.717, 1.165) is 17.7 Å². The van der Waals surface area contributed by atoms with E-state index < -0.39 is 56.9 Å². The third-order valence-corrected chi connectivity index (χ3v) is 8.88. The van der Waals surface area contributed by atoms with Crippen LogP contribution in [0.15, 0.2) is 71.6 Å². The van der Waals surface area contributed by atoms with Gasteiger partial charge in [0.25, 0.3) is 10.0 Å². The van der Waals surface area contributed by atoms with E-state index in [2.05, 4.69) is 5.32 Å². The molecule has 2 amide bonds. The van der Waals surface area contributed by atoms with Crippen molar-refractivity contribution in [2.45, 2.75) is 63.8 Å². The summed E-state index contributed by atoms with van der Waals surface area (Å²) in [5, 5.41) is 2.60. The molecule has 0 unspecified atom stereocenters. The van der Waals surface area contributed by atoms with Crippen LogP contribution in [0.3, 0.4) is 0 Å². The molecule has 13 heteroatoms. The molecule has 7 nitrogen and oxygen atoms in total. The Morgan fingerprint density at radius 3 is 2.09 bits per heavy atom. The molecule has 0 aliphatic heterocycles. The Hall–Kier alpha value is -3.28. The minimum Gasteiger partial charge on any atom is -0.352 e. The average Bonchev–Trinajstić information content (AvgIpc) is 2.92. The van der Waals surface area contributed by atoms with Gasteiger partial charge in [0, 0.05) is 17.6 Å². The van der Waals surface area contributed by atoms with Gasteiger partial charge in [-0.1, -0.05) is 60.0 Å². The highest BCUT2D eigenvalue weighted by Gasteiger charge is 2.37. The minimum atomic E-state index is -4.89. The summed E-state index contributed by atoms with van der Waals surface area (Å²) in [6.07, 6.45) is -4.71. The molecule has 3 aromatic carbocycles. The molecular formula is C30H32Cl2F3N3O4S. The van der Waals surface area contributed by atoms with Gasteiger partial charge in [-0.3, -0.25) is 13.9 Å². The molecule has 1 N–H and O–H groups in total. The lowest BCUT2D eigenvalue weighted by molar-refractivity contribution is -0.140. The summed E-state index contributed by atoms with van der Waals surface area (Å²) in [5.41, 5.74) is -0.323. The normalized spacial score (nSPS) is 12.6. The zero-order valence-electron chi connectivity index (χ0n) is 24.0. The van der Waals surface area contributed by atoms with Crippen LogP contribution in [0.1, 0.15) is 43.9 Å². The highest BCUT2D eigenvalue weighted by atomic mass is 35.5. The Bertz CT molecular complexity index is 1550. The van der Waals surface area contributed by atoms with Gasteiger partial charge in [-0.15, -0.1) is 0 Å². The molecular weight excluding hydrogens is 626 g/mol. The lowest BCUT2D eigenvalue weighted by Gasteiger charge is -2.33. The average molecular weight is 659 g/mol. The number of sulfonamides is 1. The Labute approximate surface area is 259 Å². The molecule has 0 aliphatic carbocycles. The van der Waals surface area contributed by atoms with Gasteiger partial charge in [0.05, 0.1) is 21.2 Å². The van der Waals surface area contributed by atoms with E-state index in [1.54, 1.807) is 52.0 Å². The smallest absolute Gasteiger partial charge is 0.352 e. The summed E-state index contributed by atoms with van der Waals surface area (Å²) in [7, 11) is -4.57.